The summed E-state index contributed by atoms with van der Waals surface area (Å²) in [5.41, 5.74) is -0.181. The zero-order chi connectivity index (χ0) is 17.2. The van der Waals surface area contributed by atoms with Crippen molar-refractivity contribution in [2.75, 3.05) is 13.7 Å². The number of Topliss-reactive ketones (excluding diaryl/α,β-unsaturated/α-hetero) is 1. The number of benzene rings is 1. The number of halogens is 1. The third kappa shape index (κ3) is 4.28. The molecular formula is C17H21FO5. The summed E-state index contributed by atoms with van der Waals surface area (Å²) in [6, 6.07) is 2.64. The predicted octanol–water partition coefficient (Wildman–Crippen LogP) is 2.42. The van der Waals surface area contributed by atoms with E-state index < -0.39 is 23.3 Å². The predicted molar refractivity (Wildman–Crippen MR) is 80.9 cm³/mol. The number of aryl methyl sites for hydroxylation is 1. The van der Waals surface area contributed by atoms with Gasteiger partial charge in [-0.25, -0.2) is 4.39 Å². The molecule has 1 saturated carbocycles. The second-order valence-corrected chi connectivity index (χ2v) is 6.16. The third-order valence-electron chi connectivity index (χ3n) is 3.97. The number of carbonyl (C=O) groups excluding carboxylic acids is 2. The van der Waals surface area contributed by atoms with Crippen LogP contribution in [0, 0.1) is 18.7 Å². The maximum absolute atomic E-state index is 14.2. The summed E-state index contributed by atoms with van der Waals surface area (Å²) in [5.74, 6) is -2.02. The molecule has 0 aromatic heterocycles. The molecule has 1 aliphatic rings. The van der Waals surface area contributed by atoms with E-state index in [0.717, 1.165) is 6.07 Å². The maximum atomic E-state index is 14.2. The zero-order valence-electron chi connectivity index (χ0n) is 13.5. The number of hydrogen-bond donors (Lipinski definition) is 1. The Kier molecular flexibility index (Phi) is 5.04. The van der Waals surface area contributed by atoms with Gasteiger partial charge in [-0.2, -0.15) is 0 Å². The minimum absolute atomic E-state index is 0.0385. The fraction of sp³-hybridized carbons (Fsp3) is 0.529. The molecule has 1 fully saturated rings. The van der Waals surface area contributed by atoms with Crippen molar-refractivity contribution in [3.63, 3.8) is 0 Å². The number of aliphatic hydroxyl groups is 1. The Morgan fingerprint density at radius 3 is 2.57 bits per heavy atom. The molecule has 0 spiro atoms. The Morgan fingerprint density at radius 1 is 1.39 bits per heavy atom. The lowest BCUT2D eigenvalue weighted by Gasteiger charge is -2.15. The Balaban J connectivity index is 2.11. The van der Waals surface area contributed by atoms with Gasteiger partial charge in [-0.15, -0.1) is 0 Å². The second kappa shape index (κ2) is 6.66. The largest absolute Gasteiger partial charge is 0.487 e. The van der Waals surface area contributed by atoms with Gasteiger partial charge in [-0.05, 0) is 37.5 Å². The molecule has 1 aromatic carbocycles. The number of ether oxygens (including phenoxy) is 2. The van der Waals surface area contributed by atoms with E-state index in [9.17, 15) is 19.1 Å². The SMILES string of the molecule is COC(=O)CC(C)C(=O)c1cc(C)c(OCC2(O)CC2)c(F)c1. The van der Waals surface area contributed by atoms with Crippen molar-refractivity contribution in [2.45, 2.75) is 38.7 Å². The van der Waals surface area contributed by atoms with E-state index in [1.807, 2.05) is 0 Å². The van der Waals surface area contributed by atoms with E-state index >= 15 is 0 Å². The monoisotopic (exact) mass is 324 g/mol. The first kappa shape index (κ1) is 17.4. The van der Waals surface area contributed by atoms with E-state index in [1.54, 1.807) is 13.8 Å². The van der Waals surface area contributed by atoms with Gasteiger partial charge in [0.2, 0.25) is 0 Å². The van der Waals surface area contributed by atoms with Gasteiger partial charge in [0.05, 0.1) is 19.1 Å². The zero-order valence-corrected chi connectivity index (χ0v) is 13.5. The van der Waals surface area contributed by atoms with Crippen molar-refractivity contribution in [1.29, 1.82) is 0 Å². The lowest BCUT2D eigenvalue weighted by atomic mass is 9.95. The van der Waals surface area contributed by atoms with Crippen LogP contribution in [0.4, 0.5) is 4.39 Å². The minimum atomic E-state index is -0.845. The first-order chi connectivity index (χ1) is 10.8. The molecule has 2 rings (SSSR count). The maximum Gasteiger partial charge on any atom is 0.306 e. The van der Waals surface area contributed by atoms with Gasteiger partial charge in [0.25, 0.3) is 0 Å². The number of hydrogen-bond acceptors (Lipinski definition) is 5. The van der Waals surface area contributed by atoms with Gasteiger partial charge in [-0.1, -0.05) is 6.92 Å². The molecule has 126 valence electrons. The molecule has 1 unspecified atom stereocenters. The summed E-state index contributed by atoms with van der Waals surface area (Å²) in [4.78, 5) is 23.5. The molecule has 5 nitrogen and oxygen atoms in total. The Bertz CT molecular complexity index is 598. The fourth-order valence-electron chi connectivity index (χ4n) is 2.26. The Morgan fingerprint density at radius 2 is 2.04 bits per heavy atom. The molecule has 1 atom stereocenters. The number of carbonyl (C=O) groups is 2. The van der Waals surface area contributed by atoms with E-state index in [-0.39, 0.29) is 30.1 Å². The van der Waals surface area contributed by atoms with Crippen molar-refractivity contribution in [2.24, 2.45) is 5.92 Å². The molecule has 0 radical (unpaired) electrons. The first-order valence-electron chi connectivity index (χ1n) is 7.52. The van der Waals surface area contributed by atoms with E-state index in [4.69, 9.17) is 4.74 Å². The van der Waals surface area contributed by atoms with Crippen molar-refractivity contribution >= 4 is 11.8 Å². The quantitative estimate of drug-likeness (QED) is 0.616. The summed E-state index contributed by atoms with van der Waals surface area (Å²) in [6.07, 6.45) is 1.24. The molecule has 23 heavy (non-hydrogen) atoms. The van der Waals surface area contributed by atoms with Crippen LogP contribution < -0.4 is 4.74 Å². The number of ketones is 1. The number of methoxy groups -OCH3 is 1. The van der Waals surface area contributed by atoms with E-state index in [0.29, 0.717) is 18.4 Å². The summed E-state index contributed by atoms with van der Waals surface area (Å²) in [5, 5.41) is 9.75. The van der Waals surface area contributed by atoms with Crippen LogP contribution in [0.1, 0.15) is 42.1 Å². The molecule has 0 saturated heterocycles. The van der Waals surface area contributed by atoms with Gasteiger partial charge >= 0.3 is 5.97 Å². The molecule has 0 bridgehead atoms. The van der Waals surface area contributed by atoms with Gasteiger partial charge in [0.15, 0.2) is 17.3 Å². The third-order valence-corrected chi connectivity index (χ3v) is 3.97. The molecule has 1 aliphatic carbocycles. The highest BCUT2D eigenvalue weighted by molar-refractivity contribution is 5.99. The Hall–Kier alpha value is -1.95. The van der Waals surface area contributed by atoms with Crippen LogP contribution in [0.3, 0.4) is 0 Å². The highest BCUT2D eigenvalue weighted by atomic mass is 19.1. The molecule has 0 aliphatic heterocycles. The number of rotatable bonds is 7. The summed E-state index contributed by atoms with van der Waals surface area (Å²) < 4.78 is 24.1. The molecule has 1 N–H and O–H groups in total. The lowest BCUT2D eigenvalue weighted by Crippen LogP contribution is -2.20. The highest BCUT2D eigenvalue weighted by Gasteiger charge is 2.41. The molecule has 1 aromatic rings. The highest BCUT2D eigenvalue weighted by Crippen LogP contribution is 2.36. The van der Waals surface area contributed by atoms with Crippen molar-refractivity contribution in [3.8, 4) is 5.75 Å². The Labute approximate surface area is 134 Å². The van der Waals surface area contributed by atoms with Crippen LogP contribution >= 0.6 is 0 Å². The first-order valence-corrected chi connectivity index (χ1v) is 7.52. The summed E-state index contributed by atoms with van der Waals surface area (Å²) in [6.45, 7) is 3.27. The van der Waals surface area contributed by atoms with Crippen molar-refractivity contribution < 1.29 is 28.6 Å². The molecular weight excluding hydrogens is 303 g/mol. The van der Waals surface area contributed by atoms with Crippen LogP contribution in [0.25, 0.3) is 0 Å². The molecule has 6 heteroatoms. The van der Waals surface area contributed by atoms with Crippen LogP contribution in [0.2, 0.25) is 0 Å². The lowest BCUT2D eigenvalue weighted by molar-refractivity contribution is -0.141. The average Bonchev–Trinajstić information content (AvgIpc) is 3.23. The van der Waals surface area contributed by atoms with Crippen LogP contribution in [-0.2, 0) is 9.53 Å². The van der Waals surface area contributed by atoms with E-state index in [1.165, 1.54) is 13.2 Å². The van der Waals surface area contributed by atoms with Crippen molar-refractivity contribution in [3.05, 3.63) is 29.1 Å². The van der Waals surface area contributed by atoms with Crippen LogP contribution in [0.5, 0.6) is 5.75 Å². The fourth-order valence-corrected chi connectivity index (χ4v) is 2.26. The number of esters is 1. The molecule has 0 heterocycles. The van der Waals surface area contributed by atoms with Gasteiger partial charge in [0, 0.05) is 11.5 Å². The summed E-state index contributed by atoms with van der Waals surface area (Å²) >= 11 is 0. The average molecular weight is 324 g/mol. The minimum Gasteiger partial charge on any atom is -0.487 e. The van der Waals surface area contributed by atoms with Gasteiger partial charge in [0.1, 0.15) is 6.61 Å². The smallest absolute Gasteiger partial charge is 0.306 e. The van der Waals surface area contributed by atoms with Gasteiger partial charge < -0.3 is 14.6 Å². The topological polar surface area (TPSA) is 72.8 Å². The normalized spacial score (nSPS) is 16.6. The van der Waals surface area contributed by atoms with Gasteiger partial charge in [-0.3, -0.25) is 9.59 Å². The summed E-state index contributed by atoms with van der Waals surface area (Å²) in [7, 11) is 1.25. The van der Waals surface area contributed by atoms with E-state index in [2.05, 4.69) is 4.74 Å². The molecule has 0 amide bonds. The van der Waals surface area contributed by atoms with Crippen LogP contribution in [0.15, 0.2) is 12.1 Å². The second-order valence-electron chi connectivity index (χ2n) is 6.16. The standard InChI is InChI=1S/C17H21FO5/c1-10(7-14(19)22-3)15(20)12-6-11(2)16(13(18)8-12)23-9-17(21)4-5-17/h6,8,10,21H,4-5,7,9H2,1-3H3. The van der Waals surface area contributed by atoms with Crippen molar-refractivity contribution in [1.82, 2.24) is 0 Å². The van der Waals surface area contributed by atoms with Crippen LogP contribution in [-0.4, -0.2) is 36.2 Å².